The van der Waals surface area contributed by atoms with Gasteiger partial charge in [-0.15, -0.1) is 11.3 Å². The zero-order valence-corrected chi connectivity index (χ0v) is 14.7. The Morgan fingerprint density at radius 3 is 2.46 bits per heavy atom. The predicted octanol–water partition coefficient (Wildman–Crippen LogP) is 3.92. The quantitative estimate of drug-likeness (QED) is 0.664. The fourth-order valence-corrected chi connectivity index (χ4v) is 4.15. The number of aryl methyl sites for hydroxylation is 1. The third-order valence-electron chi connectivity index (χ3n) is 4.23. The molecule has 1 aromatic carbocycles. The first kappa shape index (κ1) is 17.4. The molecule has 2 aromatic rings. The van der Waals surface area contributed by atoms with Crippen molar-refractivity contribution in [3.63, 3.8) is 0 Å². The molecule has 1 heterocycles. The van der Waals surface area contributed by atoms with Crippen LogP contribution in [0.15, 0.2) is 29.8 Å². The molecule has 0 aliphatic heterocycles. The molecule has 26 heavy (non-hydrogen) atoms. The lowest BCUT2D eigenvalue weighted by Gasteiger charge is -2.09. The topological polar surface area (TPSA) is 100 Å². The van der Waals surface area contributed by atoms with Gasteiger partial charge in [0.25, 0.3) is 5.91 Å². The number of nitrogens with zero attached hydrogens (tertiary/aromatic N) is 3. The summed E-state index contributed by atoms with van der Waals surface area (Å²) in [5, 5.41) is 30.9. The van der Waals surface area contributed by atoms with Gasteiger partial charge in [-0.05, 0) is 55.0 Å². The van der Waals surface area contributed by atoms with E-state index >= 15 is 0 Å². The second-order valence-electron chi connectivity index (χ2n) is 5.88. The van der Waals surface area contributed by atoms with Gasteiger partial charge in [-0.25, -0.2) is 0 Å². The van der Waals surface area contributed by atoms with Crippen LogP contribution in [0.4, 0.5) is 5.00 Å². The number of benzene rings is 1. The highest BCUT2D eigenvalue weighted by Gasteiger charge is 2.22. The molecule has 0 saturated heterocycles. The van der Waals surface area contributed by atoms with E-state index in [1.165, 1.54) is 17.4 Å². The van der Waals surface area contributed by atoms with Crippen molar-refractivity contribution in [3.8, 4) is 18.2 Å². The van der Waals surface area contributed by atoms with Crippen LogP contribution in [0.5, 0.6) is 0 Å². The number of carbonyl (C=O) groups is 1. The summed E-state index contributed by atoms with van der Waals surface area (Å²) < 4.78 is 0. The first-order chi connectivity index (χ1) is 12.7. The number of thiophene rings is 1. The Morgan fingerprint density at radius 1 is 1.08 bits per heavy atom. The van der Waals surface area contributed by atoms with Crippen molar-refractivity contribution in [2.45, 2.75) is 25.7 Å². The molecule has 0 unspecified atom stereocenters. The van der Waals surface area contributed by atoms with Gasteiger partial charge in [0.15, 0.2) is 0 Å². The largest absolute Gasteiger partial charge is 0.312 e. The highest BCUT2D eigenvalue weighted by atomic mass is 32.1. The number of fused-ring (bicyclic) bond motifs is 1. The van der Waals surface area contributed by atoms with Gasteiger partial charge in [-0.2, -0.15) is 15.8 Å². The first-order valence-electron chi connectivity index (χ1n) is 8.14. The summed E-state index contributed by atoms with van der Waals surface area (Å²) in [7, 11) is 0. The number of hydrogen-bond acceptors (Lipinski definition) is 5. The zero-order valence-electron chi connectivity index (χ0n) is 13.9. The number of anilines is 1. The summed E-state index contributed by atoms with van der Waals surface area (Å²) in [5.74, 6) is -0.535. The van der Waals surface area contributed by atoms with Crippen molar-refractivity contribution in [2.75, 3.05) is 5.32 Å². The summed E-state index contributed by atoms with van der Waals surface area (Å²) >= 11 is 1.43. The lowest BCUT2D eigenvalue weighted by atomic mass is 9.96. The Hall–Kier alpha value is -3.40. The van der Waals surface area contributed by atoms with E-state index in [0.717, 1.165) is 36.1 Å². The molecule has 126 valence electrons. The van der Waals surface area contributed by atoms with Gasteiger partial charge in [-0.1, -0.05) is 12.1 Å². The highest BCUT2D eigenvalue weighted by Crippen LogP contribution is 2.37. The van der Waals surface area contributed by atoms with E-state index in [4.69, 9.17) is 5.26 Å². The fourth-order valence-electron chi connectivity index (χ4n) is 2.91. The Bertz CT molecular complexity index is 1010. The van der Waals surface area contributed by atoms with E-state index in [-0.39, 0.29) is 5.57 Å². The highest BCUT2D eigenvalue weighted by molar-refractivity contribution is 7.16. The van der Waals surface area contributed by atoms with Gasteiger partial charge in [0.05, 0.1) is 17.2 Å². The maximum atomic E-state index is 12.5. The molecule has 1 aromatic heterocycles. The van der Waals surface area contributed by atoms with E-state index in [1.807, 2.05) is 12.1 Å². The van der Waals surface area contributed by atoms with Gasteiger partial charge in [0.1, 0.15) is 22.7 Å². The van der Waals surface area contributed by atoms with Crippen molar-refractivity contribution in [2.24, 2.45) is 0 Å². The van der Waals surface area contributed by atoms with Crippen molar-refractivity contribution < 1.29 is 4.79 Å². The lowest BCUT2D eigenvalue weighted by molar-refractivity contribution is -0.112. The van der Waals surface area contributed by atoms with Crippen LogP contribution >= 0.6 is 11.3 Å². The van der Waals surface area contributed by atoms with Crippen molar-refractivity contribution in [1.29, 1.82) is 15.8 Å². The normalized spacial score (nSPS) is 13.0. The Kier molecular flexibility index (Phi) is 5.13. The number of hydrogen-bond donors (Lipinski definition) is 1. The average molecular weight is 358 g/mol. The number of nitriles is 3. The maximum Gasteiger partial charge on any atom is 0.266 e. The molecule has 1 aliphatic carbocycles. The molecule has 3 rings (SSSR count). The van der Waals surface area contributed by atoms with Crippen molar-refractivity contribution in [3.05, 3.63) is 57.0 Å². The molecule has 1 amide bonds. The van der Waals surface area contributed by atoms with Crippen LogP contribution in [-0.4, -0.2) is 5.91 Å². The van der Waals surface area contributed by atoms with Gasteiger partial charge in [0.2, 0.25) is 0 Å². The van der Waals surface area contributed by atoms with E-state index in [2.05, 4.69) is 11.4 Å². The molecular weight excluding hydrogens is 344 g/mol. The van der Waals surface area contributed by atoms with Gasteiger partial charge >= 0.3 is 0 Å². The number of amides is 1. The van der Waals surface area contributed by atoms with E-state index in [0.29, 0.717) is 21.7 Å². The van der Waals surface area contributed by atoms with Crippen LogP contribution in [-0.2, 0) is 17.6 Å². The minimum absolute atomic E-state index is 0.0510. The van der Waals surface area contributed by atoms with Gasteiger partial charge in [-0.3, -0.25) is 4.79 Å². The lowest BCUT2D eigenvalue weighted by Crippen LogP contribution is -2.13. The van der Waals surface area contributed by atoms with Crippen LogP contribution in [0.2, 0.25) is 0 Å². The molecule has 0 atom stereocenters. The second-order valence-corrected chi connectivity index (χ2v) is 6.99. The van der Waals surface area contributed by atoms with Crippen LogP contribution in [0.3, 0.4) is 0 Å². The smallest absolute Gasteiger partial charge is 0.266 e. The van der Waals surface area contributed by atoms with Crippen molar-refractivity contribution >= 4 is 28.3 Å². The van der Waals surface area contributed by atoms with Gasteiger partial charge in [0, 0.05) is 4.88 Å². The molecule has 0 radical (unpaired) electrons. The Labute approximate surface area is 155 Å². The Balaban J connectivity index is 1.85. The maximum absolute atomic E-state index is 12.5. The van der Waals surface area contributed by atoms with Crippen LogP contribution in [0.25, 0.3) is 6.08 Å². The number of nitrogens with one attached hydrogen (secondary N) is 1. The molecule has 0 bridgehead atoms. The number of carbonyl (C=O) groups excluding carboxylic acids is 1. The zero-order chi connectivity index (χ0) is 18.5. The van der Waals surface area contributed by atoms with E-state index in [1.54, 1.807) is 24.3 Å². The molecule has 1 N–H and O–H groups in total. The summed E-state index contributed by atoms with van der Waals surface area (Å²) in [6.45, 7) is 0. The standard InChI is InChI=1S/C20H14N4OS/c21-10-14-7-5-13(6-8-14)9-15(11-22)19(25)24-20-17(12-23)16-3-1-2-4-18(16)26-20/h5-9H,1-4H2,(H,24,25)/b15-9+. The van der Waals surface area contributed by atoms with Gasteiger partial charge < -0.3 is 5.32 Å². The molecule has 5 nitrogen and oxygen atoms in total. The molecule has 1 aliphatic rings. The fraction of sp³-hybridized carbons (Fsp3) is 0.200. The van der Waals surface area contributed by atoms with Crippen LogP contribution in [0, 0.1) is 34.0 Å². The molecule has 6 heteroatoms. The third-order valence-corrected chi connectivity index (χ3v) is 5.43. The molecule has 0 saturated carbocycles. The first-order valence-corrected chi connectivity index (χ1v) is 8.96. The van der Waals surface area contributed by atoms with E-state index in [9.17, 15) is 15.3 Å². The average Bonchev–Trinajstić information content (AvgIpc) is 3.03. The second kappa shape index (κ2) is 7.66. The summed E-state index contributed by atoms with van der Waals surface area (Å²) in [6.07, 6.45) is 5.39. The summed E-state index contributed by atoms with van der Waals surface area (Å²) in [4.78, 5) is 13.6. The van der Waals surface area contributed by atoms with E-state index < -0.39 is 5.91 Å². The SMILES string of the molecule is N#C/C(=C\c1ccc(C#N)cc1)C(=O)Nc1sc2c(c1C#N)CCCC2. The molecule has 0 fully saturated rings. The minimum Gasteiger partial charge on any atom is -0.312 e. The predicted molar refractivity (Wildman–Crippen MR) is 99.1 cm³/mol. The molecular formula is C20H14N4OS. The third kappa shape index (κ3) is 3.49. The van der Waals surface area contributed by atoms with Crippen LogP contribution in [0.1, 0.15) is 40.0 Å². The summed E-state index contributed by atoms with van der Waals surface area (Å²) in [6, 6.07) is 12.7. The monoisotopic (exact) mass is 358 g/mol. The van der Waals surface area contributed by atoms with Crippen molar-refractivity contribution in [1.82, 2.24) is 0 Å². The minimum atomic E-state index is -0.535. The molecule has 0 spiro atoms. The number of rotatable bonds is 3. The Morgan fingerprint density at radius 2 is 1.81 bits per heavy atom. The summed E-state index contributed by atoms with van der Waals surface area (Å²) in [5.41, 5.74) is 2.67. The van der Waals surface area contributed by atoms with Crippen LogP contribution < -0.4 is 5.32 Å².